The molecule has 0 bridgehead atoms. The number of rotatable bonds is 2. The zero-order valence-electron chi connectivity index (χ0n) is 10.4. The van der Waals surface area contributed by atoms with Crippen LogP contribution >= 0.6 is 0 Å². The van der Waals surface area contributed by atoms with Crippen LogP contribution in [0.3, 0.4) is 0 Å². The summed E-state index contributed by atoms with van der Waals surface area (Å²) < 4.78 is 0. The molecule has 96 valence electrons. The Balaban J connectivity index is 1.99. The first kappa shape index (κ1) is 12.4. The molecule has 0 atom stereocenters. The van der Waals surface area contributed by atoms with Crippen molar-refractivity contribution in [1.82, 2.24) is 4.90 Å². The molecule has 1 heterocycles. The molecule has 5 heteroatoms. The van der Waals surface area contributed by atoms with Crippen LogP contribution in [0.1, 0.15) is 25.3 Å². The number of hydrogen-bond donors (Lipinski definition) is 2. The van der Waals surface area contributed by atoms with Gasteiger partial charge in [0.25, 0.3) is 0 Å². The van der Waals surface area contributed by atoms with Crippen molar-refractivity contribution in [2.75, 3.05) is 18.4 Å². The molecule has 0 aliphatic carbocycles. The van der Waals surface area contributed by atoms with Crippen LogP contribution in [0.4, 0.5) is 10.5 Å². The molecule has 0 saturated carbocycles. The smallest absolute Gasteiger partial charge is 0.321 e. The summed E-state index contributed by atoms with van der Waals surface area (Å²) in [5, 5.41) is 14.6. The number of likely N-dealkylation sites (tertiary alicyclic amines) is 1. The van der Waals surface area contributed by atoms with Crippen LogP contribution in [0.15, 0.2) is 29.4 Å². The third kappa shape index (κ3) is 2.80. The average molecular weight is 247 g/mol. The maximum absolute atomic E-state index is 11.8. The SMILES string of the molecule is CC(=NO)c1ccc(NC(=O)N2CCCC2)cc1. The van der Waals surface area contributed by atoms with Crippen molar-refractivity contribution < 1.29 is 10.0 Å². The Labute approximate surface area is 106 Å². The summed E-state index contributed by atoms with van der Waals surface area (Å²) in [6, 6.07) is 7.19. The molecule has 2 rings (SSSR count). The number of carbonyl (C=O) groups is 1. The summed E-state index contributed by atoms with van der Waals surface area (Å²) in [5.41, 5.74) is 2.13. The molecule has 0 unspecified atom stereocenters. The summed E-state index contributed by atoms with van der Waals surface area (Å²) in [6.07, 6.45) is 2.16. The summed E-state index contributed by atoms with van der Waals surface area (Å²) in [7, 11) is 0. The van der Waals surface area contributed by atoms with Crippen molar-refractivity contribution >= 4 is 17.4 Å². The lowest BCUT2D eigenvalue weighted by atomic mass is 10.1. The molecule has 1 aromatic carbocycles. The number of nitrogens with zero attached hydrogens (tertiary/aromatic N) is 2. The highest BCUT2D eigenvalue weighted by Gasteiger charge is 2.17. The van der Waals surface area contributed by atoms with E-state index in [0.29, 0.717) is 5.71 Å². The molecule has 5 nitrogen and oxygen atoms in total. The zero-order chi connectivity index (χ0) is 13.0. The van der Waals surface area contributed by atoms with E-state index in [1.807, 2.05) is 17.0 Å². The van der Waals surface area contributed by atoms with Gasteiger partial charge < -0.3 is 15.4 Å². The van der Waals surface area contributed by atoms with Crippen molar-refractivity contribution in [1.29, 1.82) is 0 Å². The fraction of sp³-hybridized carbons (Fsp3) is 0.385. The lowest BCUT2D eigenvalue weighted by Gasteiger charge is -2.16. The van der Waals surface area contributed by atoms with Crippen molar-refractivity contribution in [3.8, 4) is 0 Å². The van der Waals surface area contributed by atoms with Crippen LogP contribution in [0, 0.1) is 0 Å². The molecule has 1 aliphatic rings. The molecule has 2 N–H and O–H groups in total. The lowest BCUT2D eigenvalue weighted by molar-refractivity contribution is 0.222. The number of oxime groups is 1. The number of carbonyl (C=O) groups excluding carboxylic acids is 1. The maximum Gasteiger partial charge on any atom is 0.321 e. The second kappa shape index (κ2) is 5.53. The van der Waals surface area contributed by atoms with Gasteiger partial charge in [-0.05, 0) is 37.5 Å². The van der Waals surface area contributed by atoms with E-state index in [-0.39, 0.29) is 6.03 Å². The van der Waals surface area contributed by atoms with E-state index in [1.165, 1.54) is 0 Å². The first-order valence-electron chi connectivity index (χ1n) is 6.06. The van der Waals surface area contributed by atoms with Crippen LogP contribution < -0.4 is 5.32 Å². The molecule has 2 amide bonds. The monoisotopic (exact) mass is 247 g/mol. The Kier molecular flexibility index (Phi) is 3.82. The van der Waals surface area contributed by atoms with Crippen LogP contribution in [0.5, 0.6) is 0 Å². The molecule has 1 aliphatic heterocycles. The largest absolute Gasteiger partial charge is 0.411 e. The molecule has 0 radical (unpaired) electrons. The second-order valence-corrected chi connectivity index (χ2v) is 4.39. The molecule has 1 saturated heterocycles. The van der Waals surface area contributed by atoms with Crippen molar-refractivity contribution in [2.24, 2.45) is 5.16 Å². The van der Waals surface area contributed by atoms with Gasteiger partial charge in [-0.15, -0.1) is 0 Å². The summed E-state index contributed by atoms with van der Waals surface area (Å²) >= 11 is 0. The van der Waals surface area contributed by atoms with E-state index >= 15 is 0 Å². The molecular weight excluding hydrogens is 230 g/mol. The van der Waals surface area contributed by atoms with E-state index in [4.69, 9.17) is 5.21 Å². The number of amides is 2. The van der Waals surface area contributed by atoms with Gasteiger partial charge >= 0.3 is 6.03 Å². The molecule has 1 aromatic rings. The number of anilines is 1. The lowest BCUT2D eigenvalue weighted by Crippen LogP contribution is -2.32. The minimum absolute atomic E-state index is 0.0483. The van der Waals surface area contributed by atoms with Crippen LogP contribution in [0.2, 0.25) is 0 Å². The van der Waals surface area contributed by atoms with Gasteiger partial charge in [0.05, 0.1) is 5.71 Å². The number of urea groups is 1. The minimum atomic E-state index is -0.0483. The number of hydrogen-bond acceptors (Lipinski definition) is 3. The van der Waals surface area contributed by atoms with Gasteiger partial charge in [-0.3, -0.25) is 0 Å². The Hall–Kier alpha value is -2.04. The second-order valence-electron chi connectivity index (χ2n) is 4.39. The van der Waals surface area contributed by atoms with Crippen LogP contribution in [0.25, 0.3) is 0 Å². The molecule has 0 aromatic heterocycles. The predicted molar refractivity (Wildman–Crippen MR) is 70.3 cm³/mol. The third-order valence-electron chi connectivity index (χ3n) is 3.10. The van der Waals surface area contributed by atoms with Gasteiger partial charge in [0.15, 0.2) is 0 Å². The highest BCUT2D eigenvalue weighted by Crippen LogP contribution is 2.13. The molecule has 18 heavy (non-hydrogen) atoms. The standard InChI is InChI=1S/C13H17N3O2/c1-10(15-18)11-4-6-12(7-5-11)14-13(17)16-8-2-3-9-16/h4-7,18H,2-3,8-9H2,1H3,(H,14,17). The summed E-state index contributed by atoms with van der Waals surface area (Å²) in [5.74, 6) is 0. The fourth-order valence-electron chi connectivity index (χ4n) is 1.98. The van der Waals surface area contributed by atoms with Crippen molar-refractivity contribution in [3.63, 3.8) is 0 Å². The van der Waals surface area contributed by atoms with Gasteiger partial charge in [0, 0.05) is 18.8 Å². The van der Waals surface area contributed by atoms with Gasteiger partial charge in [0.1, 0.15) is 0 Å². The Morgan fingerprint density at radius 2 is 1.89 bits per heavy atom. The van der Waals surface area contributed by atoms with E-state index < -0.39 is 0 Å². The topological polar surface area (TPSA) is 64.9 Å². The molecular formula is C13H17N3O2. The quantitative estimate of drug-likeness (QED) is 0.479. The number of nitrogens with one attached hydrogen (secondary N) is 1. The van der Waals surface area contributed by atoms with E-state index in [2.05, 4.69) is 10.5 Å². The first-order valence-corrected chi connectivity index (χ1v) is 6.06. The molecule has 0 spiro atoms. The summed E-state index contributed by atoms with van der Waals surface area (Å²) in [6.45, 7) is 3.39. The maximum atomic E-state index is 11.8. The fourth-order valence-corrected chi connectivity index (χ4v) is 1.98. The first-order chi connectivity index (χ1) is 8.70. The summed E-state index contributed by atoms with van der Waals surface area (Å²) in [4.78, 5) is 13.7. The minimum Gasteiger partial charge on any atom is -0.411 e. The van der Waals surface area contributed by atoms with Crippen LogP contribution in [-0.2, 0) is 0 Å². The van der Waals surface area contributed by atoms with Gasteiger partial charge in [0.2, 0.25) is 0 Å². The zero-order valence-corrected chi connectivity index (χ0v) is 10.4. The Bertz CT molecular complexity index is 448. The predicted octanol–water partition coefficient (Wildman–Crippen LogP) is 2.51. The average Bonchev–Trinajstić information content (AvgIpc) is 2.92. The van der Waals surface area contributed by atoms with Crippen molar-refractivity contribution in [3.05, 3.63) is 29.8 Å². The highest BCUT2D eigenvalue weighted by atomic mass is 16.4. The normalized spacial score (nSPS) is 15.8. The Morgan fingerprint density at radius 1 is 1.28 bits per heavy atom. The van der Waals surface area contributed by atoms with Gasteiger partial charge in [-0.1, -0.05) is 17.3 Å². The Morgan fingerprint density at radius 3 is 2.44 bits per heavy atom. The number of benzene rings is 1. The molecule has 1 fully saturated rings. The highest BCUT2D eigenvalue weighted by molar-refractivity contribution is 5.99. The van der Waals surface area contributed by atoms with E-state index in [1.54, 1.807) is 19.1 Å². The van der Waals surface area contributed by atoms with Gasteiger partial charge in [-0.2, -0.15) is 0 Å². The third-order valence-corrected chi connectivity index (χ3v) is 3.10. The van der Waals surface area contributed by atoms with Crippen molar-refractivity contribution in [2.45, 2.75) is 19.8 Å². The van der Waals surface area contributed by atoms with E-state index in [0.717, 1.165) is 37.2 Å². The van der Waals surface area contributed by atoms with Gasteiger partial charge in [-0.25, -0.2) is 4.79 Å². The van der Waals surface area contributed by atoms with E-state index in [9.17, 15) is 4.79 Å². The van der Waals surface area contributed by atoms with Crippen LogP contribution in [-0.4, -0.2) is 34.9 Å².